The Morgan fingerprint density at radius 2 is 2.04 bits per heavy atom. The first-order valence-electron chi connectivity index (χ1n) is 8.78. The minimum atomic E-state index is -0.265. The molecule has 3 aromatic rings. The normalized spacial score (nSPS) is 12.8. The number of nitrogens with zero attached hydrogens (tertiary/aromatic N) is 3. The Balaban J connectivity index is 1.74. The van der Waals surface area contributed by atoms with Crippen LogP contribution in [0.15, 0.2) is 42.6 Å². The molecule has 0 spiro atoms. The van der Waals surface area contributed by atoms with Crippen LogP contribution in [0.1, 0.15) is 40.6 Å². The zero-order valence-corrected chi connectivity index (χ0v) is 14.8. The average molecular weight is 348 g/mol. The first-order chi connectivity index (χ1) is 12.6. The molecule has 1 aliphatic heterocycles. The van der Waals surface area contributed by atoms with Gasteiger partial charge in [0.05, 0.1) is 5.69 Å². The number of hydrogen-bond donors (Lipinski definition) is 1. The number of nitrogens with one attached hydrogen (secondary N) is 1. The zero-order valence-electron chi connectivity index (χ0n) is 14.8. The molecule has 1 N–H and O–H groups in total. The van der Waals surface area contributed by atoms with E-state index >= 15 is 0 Å². The largest absolute Gasteiger partial charge is 0.320 e. The fourth-order valence-electron chi connectivity index (χ4n) is 3.42. The Hall–Kier alpha value is -3.15. The van der Waals surface area contributed by atoms with Gasteiger partial charge in [-0.3, -0.25) is 14.3 Å². The van der Waals surface area contributed by atoms with Crippen molar-refractivity contribution in [3.05, 3.63) is 53.9 Å². The summed E-state index contributed by atoms with van der Waals surface area (Å²) in [6.07, 6.45) is 3.72. The van der Waals surface area contributed by atoms with Crippen LogP contribution in [-0.2, 0) is 7.05 Å². The van der Waals surface area contributed by atoms with Crippen LogP contribution in [0.2, 0.25) is 0 Å². The van der Waals surface area contributed by atoms with E-state index in [2.05, 4.69) is 17.3 Å². The number of unbranched alkanes of at least 4 members (excludes halogenated alkanes) is 1. The number of aromatic nitrogens is 2. The van der Waals surface area contributed by atoms with Gasteiger partial charge in [-0.1, -0.05) is 25.5 Å². The van der Waals surface area contributed by atoms with Gasteiger partial charge in [-0.25, -0.2) is 0 Å². The van der Waals surface area contributed by atoms with Gasteiger partial charge in [0.1, 0.15) is 0 Å². The van der Waals surface area contributed by atoms with E-state index in [1.807, 2.05) is 35.2 Å². The van der Waals surface area contributed by atoms with Gasteiger partial charge >= 0.3 is 0 Å². The molecule has 1 aromatic heterocycles. The van der Waals surface area contributed by atoms with Gasteiger partial charge < -0.3 is 10.2 Å². The first-order valence-corrected chi connectivity index (χ1v) is 8.78. The van der Waals surface area contributed by atoms with Crippen molar-refractivity contribution < 1.29 is 9.59 Å². The molecule has 132 valence electrons. The number of anilines is 2. The maximum absolute atomic E-state index is 12.8. The molecule has 0 unspecified atom stereocenters. The van der Waals surface area contributed by atoms with Gasteiger partial charge in [-0.2, -0.15) is 5.10 Å². The fourth-order valence-corrected chi connectivity index (χ4v) is 3.42. The third-order valence-electron chi connectivity index (χ3n) is 4.71. The molecule has 2 amide bonds. The van der Waals surface area contributed by atoms with E-state index in [1.54, 1.807) is 24.0 Å². The number of rotatable bonds is 5. The van der Waals surface area contributed by atoms with Crippen LogP contribution in [0, 0.1) is 0 Å². The van der Waals surface area contributed by atoms with E-state index < -0.39 is 0 Å². The fraction of sp³-hybridized carbons (Fsp3) is 0.250. The Bertz CT molecular complexity index is 1020. The minimum Gasteiger partial charge on any atom is -0.320 e. The van der Waals surface area contributed by atoms with E-state index in [9.17, 15) is 9.59 Å². The molecule has 26 heavy (non-hydrogen) atoms. The minimum absolute atomic E-state index is 0.0345. The number of hydrogen-bond acceptors (Lipinski definition) is 3. The molecular formula is C20H20N4O2. The highest BCUT2D eigenvalue weighted by molar-refractivity contribution is 6.27. The second-order valence-electron chi connectivity index (χ2n) is 6.50. The predicted molar refractivity (Wildman–Crippen MR) is 102 cm³/mol. The molecule has 1 aliphatic rings. The number of carbonyl (C=O) groups is 2. The number of benzene rings is 2. The van der Waals surface area contributed by atoms with Crippen molar-refractivity contribution in [2.24, 2.45) is 7.05 Å². The maximum atomic E-state index is 12.8. The summed E-state index contributed by atoms with van der Waals surface area (Å²) in [5.41, 5.74) is 2.66. The van der Waals surface area contributed by atoms with Gasteiger partial charge in [-0.05, 0) is 30.7 Å². The second-order valence-corrected chi connectivity index (χ2v) is 6.50. The third kappa shape index (κ3) is 2.54. The van der Waals surface area contributed by atoms with Gasteiger partial charge in [0.25, 0.3) is 11.8 Å². The molecule has 2 heterocycles. The highest BCUT2D eigenvalue weighted by Crippen LogP contribution is 2.40. The van der Waals surface area contributed by atoms with Crippen molar-refractivity contribution >= 4 is 34.0 Å². The first kappa shape index (κ1) is 16.3. The Kier molecular flexibility index (Phi) is 3.95. The zero-order chi connectivity index (χ0) is 18.3. The van der Waals surface area contributed by atoms with Crippen molar-refractivity contribution in [2.45, 2.75) is 19.8 Å². The Labute approximate surface area is 151 Å². The summed E-state index contributed by atoms with van der Waals surface area (Å²) in [5.74, 6) is -0.231. The molecular weight excluding hydrogens is 328 g/mol. The molecule has 0 saturated heterocycles. The standard InChI is InChI=1S/C20H20N4O2/c1-3-4-11-24-17-9-8-15(21-19(25)16-10-12-23(2)22-16)13-6-5-7-14(18(13)17)20(24)26/h5-10,12H,3-4,11H2,1-2H3,(H,21,25). The number of aryl methyl sites for hydroxylation is 1. The van der Waals surface area contributed by atoms with E-state index in [1.165, 1.54) is 0 Å². The van der Waals surface area contributed by atoms with Gasteiger partial charge in [0, 0.05) is 41.8 Å². The van der Waals surface area contributed by atoms with E-state index in [0.717, 1.165) is 29.3 Å². The number of amides is 2. The van der Waals surface area contributed by atoms with E-state index in [-0.39, 0.29) is 11.8 Å². The predicted octanol–water partition coefficient (Wildman–Crippen LogP) is 3.59. The lowest BCUT2D eigenvalue weighted by atomic mass is 10.0. The summed E-state index contributed by atoms with van der Waals surface area (Å²) in [4.78, 5) is 27.1. The summed E-state index contributed by atoms with van der Waals surface area (Å²) in [7, 11) is 1.77. The average Bonchev–Trinajstić information content (AvgIpc) is 3.19. The SMILES string of the molecule is CCCCN1C(=O)c2cccc3c(NC(=O)c4ccn(C)n4)ccc1c23. The summed E-state index contributed by atoms with van der Waals surface area (Å²) in [5, 5.41) is 8.84. The maximum Gasteiger partial charge on any atom is 0.276 e. The van der Waals surface area contributed by atoms with Gasteiger partial charge in [-0.15, -0.1) is 0 Å². The summed E-state index contributed by atoms with van der Waals surface area (Å²) < 4.78 is 1.59. The van der Waals surface area contributed by atoms with Crippen LogP contribution in [0.25, 0.3) is 10.8 Å². The van der Waals surface area contributed by atoms with Crippen LogP contribution >= 0.6 is 0 Å². The molecule has 0 saturated carbocycles. The van der Waals surface area contributed by atoms with Gasteiger partial charge in [0.2, 0.25) is 0 Å². The summed E-state index contributed by atoms with van der Waals surface area (Å²) in [6.45, 7) is 2.82. The van der Waals surface area contributed by atoms with Crippen LogP contribution in [0.5, 0.6) is 0 Å². The molecule has 2 aromatic carbocycles. The molecule has 0 bridgehead atoms. The molecule has 0 aliphatic carbocycles. The molecule has 0 atom stereocenters. The highest BCUT2D eigenvalue weighted by atomic mass is 16.2. The van der Waals surface area contributed by atoms with Gasteiger partial charge in [0.15, 0.2) is 5.69 Å². The van der Waals surface area contributed by atoms with Crippen LogP contribution in [-0.4, -0.2) is 28.1 Å². The topological polar surface area (TPSA) is 67.2 Å². The van der Waals surface area contributed by atoms with E-state index in [4.69, 9.17) is 0 Å². The smallest absolute Gasteiger partial charge is 0.276 e. The van der Waals surface area contributed by atoms with E-state index in [0.29, 0.717) is 23.5 Å². The monoisotopic (exact) mass is 348 g/mol. The quantitative estimate of drug-likeness (QED) is 0.766. The Morgan fingerprint density at radius 3 is 2.77 bits per heavy atom. The third-order valence-corrected chi connectivity index (χ3v) is 4.71. The summed E-state index contributed by atoms with van der Waals surface area (Å²) >= 11 is 0. The molecule has 0 radical (unpaired) electrons. The van der Waals surface area contributed by atoms with Crippen molar-refractivity contribution in [1.29, 1.82) is 0 Å². The lowest BCUT2D eigenvalue weighted by Gasteiger charge is -2.17. The Morgan fingerprint density at radius 1 is 1.19 bits per heavy atom. The lowest BCUT2D eigenvalue weighted by molar-refractivity contribution is 0.0990. The van der Waals surface area contributed by atoms with Crippen molar-refractivity contribution in [3.8, 4) is 0 Å². The number of carbonyl (C=O) groups excluding carboxylic acids is 2. The summed E-state index contributed by atoms with van der Waals surface area (Å²) in [6, 6.07) is 11.1. The van der Waals surface area contributed by atoms with Crippen molar-refractivity contribution in [3.63, 3.8) is 0 Å². The molecule has 6 heteroatoms. The highest BCUT2D eigenvalue weighted by Gasteiger charge is 2.30. The molecule has 6 nitrogen and oxygen atoms in total. The van der Waals surface area contributed by atoms with Crippen LogP contribution < -0.4 is 10.2 Å². The second kappa shape index (κ2) is 6.29. The molecule has 4 rings (SSSR count). The van der Waals surface area contributed by atoms with Crippen molar-refractivity contribution in [1.82, 2.24) is 9.78 Å². The van der Waals surface area contributed by atoms with Crippen LogP contribution in [0.4, 0.5) is 11.4 Å². The molecule has 0 fully saturated rings. The van der Waals surface area contributed by atoms with Crippen molar-refractivity contribution in [2.75, 3.05) is 16.8 Å². The van der Waals surface area contributed by atoms with Crippen LogP contribution in [0.3, 0.4) is 0 Å². The lowest BCUT2D eigenvalue weighted by Crippen LogP contribution is -2.27.